The molecule has 2 nitrogen and oxygen atoms in total. The van der Waals surface area contributed by atoms with Crippen molar-refractivity contribution < 1.29 is 22.3 Å². The Bertz CT molecular complexity index is 672. The van der Waals surface area contributed by atoms with Gasteiger partial charge in [-0.1, -0.05) is 0 Å². The van der Waals surface area contributed by atoms with Crippen molar-refractivity contribution in [1.82, 2.24) is 0 Å². The highest BCUT2D eigenvalue weighted by Gasteiger charge is 2.30. The number of nitriles is 1. The van der Waals surface area contributed by atoms with Crippen LogP contribution < -0.4 is 4.74 Å². The summed E-state index contributed by atoms with van der Waals surface area (Å²) in [4.78, 5) is 0. The first-order chi connectivity index (χ1) is 9.90. The number of hydrogen-bond acceptors (Lipinski definition) is 2. The number of halogens is 4. The highest BCUT2D eigenvalue weighted by molar-refractivity contribution is 5.34. The standard InChI is InChI=1S/C15H9F4NO/c16-14-6-1-10(8-20)7-11(14)9-21-13-4-2-12(3-5-13)15(17,18)19/h1-7H,9H2. The summed E-state index contributed by atoms with van der Waals surface area (Å²) in [5.74, 6) is -0.356. The quantitative estimate of drug-likeness (QED) is 0.791. The predicted octanol–water partition coefficient (Wildman–Crippen LogP) is 4.30. The third-order valence-electron chi connectivity index (χ3n) is 2.75. The fraction of sp³-hybridized carbons (Fsp3) is 0.133. The van der Waals surface area contributed by atoms with E-state index < -0.39 is 17.6 Å². The second kappa shape index (κ2) is 5.83. The molecule has 2 aromatic rings. The summed E-state index contributed by atoms with van der Waals surface area (Å²) >= 11 is 0. The van der Waals surface area contributed by atoms with E-state index in [4.69, 9.17) is 10.00 Å². The molecule has 0 bridgehead atoms. The third-order valence-corrected chi connectivity index (χ3v) is 2.75. The van der Waals surface area contributed by atoms with Crippen molar-refractivity contribution in [2.24, 2.45) is 0 Å². The zero-order valence-corrected chi connectivity index (χ0v) is 10.6. The van der Waals surface area contributed by atoms with Crippen LogP contribution in [0.3, 0.4) is 0 Å². The van der Waals surface area contributed by atoms with Crippen molar-refractivity contribution in [2.75, 3.05) is 0 Å². The van der Waals surface area contributed by atoms with Crippen LogP contribution >= 0.6 is 0 Å². The van der Waals surface area contributed by atoms with Crippen molar-refractivity contribution in [1.29, 1.82) is 5.26 Å². The van der Waals surface area contributed by atoms with E-state index >= 15 is 0 Å². The minimum Gasteiger partial charge on any atom is -0.489 e. The van der Waals surface area contributed by atoms with E-state index in [0.717, 1.165) is 30.3 Å². The predicted molar refractivity (Wildman–Crippen MR) is 66.9 cm³/mol. The van der Waals surface area contributed by atoms with Crippen molar-refractivity contribution in [3.63, 3.8) is 0 Å². The molecule has 0 saturated carbocycles. The Labute approximate surface area is 118 Å². The van der Waals surface area contributed by atoms with Gasteiger partial charge in [0.05, 0.1) is 17.2 Å². The van der Waals surface area contributed by atoms with E-state index in [1.165, 1.54) is 12.1 Å². The molecule has 0 aliphatic heterocycles. The number of nitrogens with zero attached hydrogens (tertiary/aromatic N) is 1. The SMILES string of the molecule is N#Cc1ccc(F)c(COc2ccc(C(F)(F)F)cc2)c1. The molecule has 2 aromatic carbocycles. The van der Waals surface area contributed by atoms with Gasteiger partial charge in [-0.25, -0.2) is 4.39 Å². The van der Waals surface area contributed by atoms with Crippen LogP contribution in [0.2, 0.25) is 0 Å². The van der Waals surface area contributed by atoms with Crippen molar-refractivity contribution in [3.05, 3.63) is 65.0 Å². The average molecular weight is 295 g/mol. The number of rotatable bonds is 3. The molecule has 0 aromatic heterocycles. The Morgan fingerprint density at radius 2 is 1.71 bits per heavy atom. The summed E-state index contributed by atoms with van der Waals surface area (Å²) in [6, 6.07) is 9.77. The van der Waals surface area contributed by atoms with Crippen LogP contribution in [0.1, 0.15) is 16.7 Å². The van der Waals surface area contributed by atoms with Crippen LogP contribution in [0.15, 0.2) is 42.5 Å². The van der Waals surface area contributed by atoms with E-state index in [1.54, 1.807) is 0 Å². The van der Waals surface area contributed by atoms with Gasteiger partial charge in [0.1, 0.15) is 18.2 Å². The molecule has 0 atom stereocenters. The summed E-state index contributed by atoms with van der Waals surface area (Å²) in [6.45, 7) is -0.174. The molecule has 0 aliphatic rings. The molecule has 0 fully saturated rings. The van der Waals surface area contributed by atoms with Gasteiger partial charge in [0.2, 0.25) is 0 Å². The van der Waals surface area contributed by atoms with Gasteiger partial charge in [0.15, 0.2) is 0 Å². The Morgan fingerprint density at radius 1 is 1.05 bits per heavy atom. The zero-order valence-electron chi connectivity index (χ0n) is 10.6. The van der Waals surface area contributed by atoms with Gasteiger partial charge < -0.3 is 4.74 Å². The second-order valence-electron chi connectivity index (χ2n) is 4.23. The molecular formula is C15H9F4NO. The lowest BCUT2D eigenvalue weighted by atomic mass is 10.1. The molecule has 0 radical (unpaired) electrons. The van der Waals surface area contributed by atoms with E-state index in [0.29, 0.717) is 0 Å². The molecule has 0 N–H and O–H groups in total. The van der Waals surface area contributed by atoms with Crippen LogP contribution in [0, 0.1) is 17.1 Å². The van der Waals surface area contributed by atoms with Gasteiger partial charge in [-0.3, -0.25) is 0 Å². The fourth-order valence-electron chi connectivity index (χ4n) is 1.66. The molecule has 6 heteroatoms. The summed E-state index contributed by atoms with van der Waals surface area (Å²) in [5, 5.41) is 8.73. The van der Waals surface area contributed by atoms with Gasteiger partial charge in [-0.15, -0.1) is 0 Å². The molecule has 0 saturated heterocycles. The summed E-state index contributed by atoms with van der Waals surface area (Å²) < 4.78 is 55.9. The first-order valence-electron chi connectivity index (χ1n) is 5.89. The molecule has 108 valence electrons. The van der Waals surface area contributed by atoms with Crippen LogP contribution in [0.25, 0.3) is 0 Å². The fourth-order valence-corrected chi connectivity index (χ4v) is 1.66. The Hall–Kier alpha value is -2.55. The van der Waals surface area contributed by atoms with Gasteiger partial charge in [-0.2, -0.15) is 18.4 Å². The van der Waals surface area contributed by atoms with E-state index in [2.05, 4.69) is 0 Å². The monoisotopic (exact) mass is 295 g/mol. The van der Waals surface area contributed by atoms with Gasteiger partial charge in [0, 0.05) is 5.56 Å². The summed E-state index contributed by atoms with van der Waals surface area (Å²) in [5.41, 5.74) is -0.344. The maximum absolute atomic E-state index is 13.5. The van der Waals surface area contributed by atoms with Gasteiger partial charge in [0.25, 0.3) is 0 Å². The van der Waals surface area contributed by atoms with Crippen molar-refractivity contribution >= 4 is 0 Å². The maximum atomic E-state index is 13.5. The van der Waals surface area contributed by atoms with E-state index in [-0.39, 0.29) is 23.5 Å². The zero-order chi connectivity index (χ0) is 15.5. The van der Waals surface area contributed by atoms with E-state index in [1.807, 2.05) is 6.07 Å². The minimum atomic E-state index is -4.41. The Balaban J connectivity index is 2.08. The van der Waals surface area contributed by atoms with E-state index in [9.17, 15) is 17.6 Å². The van der Waals surface area contributed by atoms with Crippen molar-refractivity contribution in [2.45, 2.75) is 12.8 Å². The highest BCUT2D eigenvalue weighted by Crippen LogP contribution is 2.30. The molecule has 0 aliphatic carbocycles. The lowest BCUT2D eigenvalue weighted by Gasteiger charge is -2.10. The Morgan fingerprint density at radius 3 is 2.29 bits per heavy atom. The van der Waals surface area contributed by atoms with Gasteiger partial charge in [-0.05, 0) is 42.5 Å². The first-order valence-corrected chi connectivity index (χ1v) is 5.89. The molecule has 0 unspecified atom stereocenters. The maximum Gasteiger partial charge on any atom is 0.416 e. The molecule has 21 heavy (non-hydrogen) atoms. The smallest absolute Gasteiger partial charge is 0.416 e. The molecular weight excluding hydrogens is 286 g/mol. The number of benzene rings is 2. The second-order valence-corrected chi connectivity index (χ2v) is 4.23. The van der Waals surface area contributed by atoms with Crippen LogP contribution in [0.5, 0.6) is 5.75 Å². The minimum absolute atomic E-state index is 0.161. The first kappa shape index (κ1) is 14.9. The van der Waals surface area contributed by atoms with Crippen LogP contribution in [-0.4, -0.2) is 0 Å². The summed E-state index contributed by atoms with van der Waals surface area (Å²) in [7, 11) is 0. The number of ether oxygens (including phenoxy) is 1. The topological polar surface area (TPSA) is 33.0 Å². The lowest BCUT2D eigenvalue weighted by Crippen LogP contribution is -2.04. The molecule has 2 rings (SSSR count). The highest BCUT2D eigenvalue weighted by atomic mass is 19.4. The summed E-state index contributed by atoms with van der Waals surface area (Å²) in [6.07, 6.45) is -4.41. The lowest BCUT2D eigenvalue weighted by molar-refractivity contribution is -0.137. The molecule has 0 heterocycles. The average Bonchev–Trinajstić information content (AvgIpc) is 2.46. The van der Waals surface area contributed by atoms with Crippen LogP contribution in [0.4, 0.5) is 17.6 Å². The molecule has 0 amide bonds. The van der Waals surface area contributed by atoms with Gasteiger partial charge >= 0.3 is 6.18 Å². The number of hydrogen-bond donors (Lipinski definition) is 0. The molecule has 0 spiro atoms. The number of alkyl halides is 3. The largest absolute Gasteiger partial charge is 0.489 e. The third kappa shape index (κ3) is 3.72. The Kier molecular flexibility index (Phi) is 4.13. The normalized spacial score (nSPS) is 11.0. The van der Waals surface area contributed by atoms with Crippen LogP contribution in [-0.2, 0) is 12.8 Å². The van der Waals surface area contributed by atoms with Crippen molar-refractivity contribution in [3.8, 4) is 11.8 Å².